The highest BCUT2D eigenvalue weighted by Crippen LogP contribution is 2.15. The molecule has 0 bridgehead atoms. The van der Waals surface area contributed by atoms with Gasteiger partial charge in [0.25, 0.3) is 0 Å². The number of Topliss-reactive ketones (excluding diaryl/α,β-unsaturated/α-hetero) is 4. The van der Waals surface area contributed by atoms with Crippen LogP contribution in [0.3, 0.4) is 0 Å². The van der Waals surface area contributed by atoms with Gasteiger partial charge in [0.05, 0.1) is 11.1 Å². The summed E-state index contributed by atoms with van der Waals surface area (Å²) >= 11 is 0. The molecule has 1 aromatic carbocycles. The molecule has 0 fully saturated rings. The molecule has 0 atom stereocenters. The number of carbonyl (C=O) groups is 4. The minimum Gasteiger partial charge on any atom is -0.309 e. The van der Waals surface area contributed by atoms with E-state index in [1.165, 1.54) is 13.8 Å². The standard InChI is InChI=1S/C24H32N2O4/c1-17(27)21(23(29)11-13-25(3)4)15-19-7-9-20(10-8-19)16-22(18(2)28)24(30)12-14-26(5)6/h7-10,15-16H,11-14H2,1-6H3. The lowest BCUT2D eigenvalue weighted by atomic mass is 9.99. The van der Waals surface area contributed by atoms with Crippen molar-refractivity contribution >= 4 is 35.3 Å². The molecule has 0 unspecified atom stereocenters. The predicted molar refractivity (Wildman–Crippen MR) is 120 cm³/mol. The maximum absolute atomic E-state index is 12.4. The van der Waals surface area contributed by atoms with Crippen LogP contribution in [0.5, 0.6) is 0 Å². The summed E-state index contributed by atoms with van der Waals surface area (Å²) in [6.45, 7) is 3.91. The van der Waals surface area contributed by atoms with Gasteiger partial charge in [-0.25, -0.2) is 0 Å². The molecule has 1 rings (SSSR count). The predicted octanol–water partition coefficient (Wildman–Crippen LogP) is 2.67. The SMILES string of the molecule is CC(=O)C(=Cc1ccc(C=C(C(C)=O)C(=O)CCN(C)C)cc1)C(=O)CCN(C)C. The molecule has 0 amide bonds. The highest BCUT2D eigenvalue weighted by Gasteiger charge is 2.16. The van der Waals surface area contributed by atoms with E-state index < -0.39 is 0 Å². The summed E-state index contributed by atoms with van der Waals surface area (Å²) in [5.41, 5.74) is 1.75. The third-order valence-corrected chi connectivity index (χ3v) is 4.49. The van der Waals surface area contributed by atoms with E-state index in [9.17, 15) is 19.2 Å². The van der Waals surface area contributed by atoms with Crippen molar-refractivity contribution in [3.8, 4) is 0 Å². The van der Waals surface area contributed by atoms with Crippen LogP contribution in [0.4, 0.5) is 0 Å². The summed E-state index contributed by atoms with van der Waals surface area (Å²) in [5.74, 6) is -0.919. The van der Waals surface area contributed by atoms with Crippen molar-refractivity contribution in [2.45, 2.75) is 26.7 Å². The Morgan fingerprint density at radius 3 is 1.20 bits per heavy atom. The lowest BCUT2D eigenvalue weighted by Gasteiger charge is -2.10. The third-order valence-electron chi connectivity index (χ3n) is 4.49. The van der Waals surface area contributed by atoms with E-state index in [-0.39, 0.29) is 47.1 Å². The van der Waals surface area contributed by atoms with Crippen molar-refractivity contribution in [2.24, 2.45) is 0 Å². The molecule has 0 aromatic heterocycles. The normalized spacial score (nSPS) is 12.4. The van der Waals surface area contributed by atoms with Gasteiger partial charge in [-0.05, 0) is 65.3 Å². The van der Waals surface area contributed by atoms with Gasteiger partial charge in [0.2, 0.25) is 0 Å². The minimum absolute atomic E-state index is 0.170. The Kier molecular flexibility index (Phi) is 10.2. The number of hydrogen-bond donors (Lipinski definition) is 0. The number of nitrogens with zero attached hydrogens (tertiary/aromatic N) is 2. The van der Waals surface area contributed by atoms with Crippen molar-refractivity contribution in [2.75, 3.05) is 41.3 Å². The number of hydrogen-bond acceptors (Lipinski definition) is 6. The molecule has 1 aromatic rings. The van der Waals surface area contributed by atoms with Gasteiger partial charge in [-0.3, -0.25) is 19.2 Å². The van der Waals surface area contributed by atoms with Crippen LogP contribution in [0.15, 0.2) is 35.4 Å². The lowest BCUT2D eigenvalue weighted by molar-refractivity contribution is -0.122. The monoisotopic (exact) mass is 412 g/mol. The van der Waals surface area contributed by atoms with E-state index in [2.05, 4.69) is 0 Å². The van der Waals surface area contributed by atoms with Gasteiger partial charge in [0.1, 0.15) is 0 Å². The van der Waals surface area contributed by atoms with Gasteiger partial charge in [0, 0.05) is 25.9 Å². The molecule has 0 heterocycles. The lowest BCUT2D eigenvalue weighted by Crippen LogP contribution is -2.19. The van der Waals surface area contributed by atoms with Gasteiger partial charge in [-0.15, -0.1) is 0 Å². The molecule has 6 nitrogen and oxygen atoms in total. The molecule has 0 aliphatic rings. The average Bonchev–Trinajstić information content (AvgIpc) is 2.66. The molecule has 0 saturated carbocycles. The van der Waals surface area contributed by atoms with E-state index in [1.54, 1.807) is 36.4 Å². The highest BCUT2D eigenvalue weighted by atomic mass is 16.2. The van der Waals surface area contributed by atoms with Crippen LogP contribution in [0.25, 0.3) is 12.2 Å². The maximum atomic E-state index is 12.4. The zero-order valence-electron chi connectivity index (χ0n) is 18.8. The second-order valence-electron chi connectivity index (χ2n) is 7.85. The second-order valence-corrected chi connectivity index (χ2v) is 7.85. The van der Waals surface area contributed by atoms with Crippen LogP contribution >= 0.6 is 0 Å². The average molecular weight is 413 g/mol. The smallest absolute Gasteiger partial charge is 0.167 e. The van der Waals surface area contributed by atoms with Crippen LogP contribution < -0.4 is 0 Å². The topological polar surface area (TPSA) is 74.8 Å². The van der Waals surface area contributed by atoms with E-state index in [0.29, 0.717) is 24.2 Å². The van der Waals surface area contributed by atoms with Crippen LogP contribution in [0.2, 0.25) is 0 Å². The molecule has 0 N–H and O–H groups in total. The number of benzene rings is 1. The summed E-state index contributed by atoms with van der Waals surface area (Å²) in [4.78, 5) is 52.3. The Morgan fingerprint density at radius 2 is 0.967 bits per heavy atom. The molecule has 30 heavy (non-hydrogen) atoms. The van der Waals surface area contributed by atoms with Gasteiger partial charge in [0.15, 0.2) is 23.1 Å². The summed E-state index contributed by atoms with van der Waals surface area (Å²) in [7, 11) is 7.49. The first-order valence-electron chi connectivity index (χ1n) is 9.92. The third kappa shape index (κ3) is 8.76. The zero-order chi connectivity index (χ0) is 22.8. The van der Waals surface area contributed by atoms with Crippen molar-refractivity contribution < 1.29 is 19.2 Å². The molecule has 0 aliphatic carbocycles. The zero-order valence-corrected chi connectivity index (χ0v) is 18.8. The van der Waals surface area contributed by atoms with Gasteiger partial charge in [-0.1, -0.05) is 24.3 Å². The quantitative estimate of drug-likeness (QED) is 0.299. The summed E-state index contributed by atoms with van der Waals surface area (Å²) in [5, 5.41) is 0. The van der Waals surface area contributed by atoms with Crippen LogP contribution in [-0.4, -0.2) is 74.2 Å². The van der Waals surface area contributed by atoms with Crippen molar-refractivity contribution in [1.82, 2.24) is 9.80 Å². The summed E-state index contributed by atoms with van der Waals surface area (Å²) < 4.78 is 0. The van der Waals surface area contributed by atoms with Gasteiger partial charge >= 0.3 is 0 Å². The van der Waals surface area contributed by atoms with Gasteiger partial charge in [-0.2, -0.15) is 0 Å². The fourth-order valence-electron chi connectivity index (χ4n) is 2.70. The summed E-state index contributed by atoms with van der Waals surface area (Å²) in [6.07, 6.45) is 3.72. The number of allylic oxidation sites excluding steroid dienone is 2. The second kappa shape index (κ2) is 12.1. The Bertz CT molecular complexity index is 775. The fourth-order valence-corrected chi connectivity index (χ4v) is 2.70. The van der Waals surface area contributed by atoms with E-state index in [4.69, 9.17) is 0 Å². The first-order chi connectivity index (χ1) is 14.0. The van der Waals surface area contributed by atoms with Crippen LogP contribution in [0.1, 0.15) is 37.8 Å². The molecule has 0 spiro atoms. The van der Waals surface area contributed by atoms with Crippen LogP contribution in [0, 0.1) is 0 Å². The first kappa shape index (κ1) is 25.3. The van der Waals surface area contributed by atoms with Crippen LogP contribution in [-0.2, 0) is 19.2 Å². The largest absolute Gasteiger partial charge is 0.309 e. The van der Waals surface area contributed by atoms with E-state index in [1.807, 2.05) is 38.0 Å². The molecule has 0 saturated heterocycles. The Labute approximate surface area is 179 Å². The Balaban J connectivity index is 3.06. The molecular weight excluding hydrogens is 380 g/mol. The molecule has 0 radical (unpaired) electrons. The van der Waals surface area contributed by atoms with Crippen molar-refractivity contribution in [3.63, 3.8) is 0 Å². The van der Waals surface area contributed by atoms with Crippen molar-refractivity contribution in [1.29, 1.82) is 0 Å². The fraction of sp³-hybridized carbons (Fsp3) is 0.417. The molecular formula is C24H32N2O4. The Morgan fingerprint density at radius 1 is 0.667 bits per heavy atom. The number of rotatable bonds is 12. The highest BCUT2D eigenvalue weighted by molar-refractivity contribution is 6.23. The van der Waals surface area contributed by atoms with E-state index in [0.717, 1.165) is 0 Å². The number of ketones is 4. The maximum Gasteiger partial charge on any atom is 0.167 e. The summed E-state index contributed by atoms with van der Waals surface area (Å²) in [6, 6.07) is 7.04. The van der Waals surface area contributed by atoms with E-state index >= 15 is 0 Å². The number of carbonyl (C=O) groups excluding carboxylic acids is 4. The first-order valence-corrected chi connectivity index (χ1v) is 9.92. The minimum atomic E-state index is -0.270. The Hall–Kier alpha value is -2.70. The molecule has 162 valence electrons. The van der Waals surface area contributed by atoms with Crippen molar-refractivity contribution in [3.05, 3.63) is 46.5 Å². The molecule has 6 heteroatoms. The van der Waals surface area contributed by atoms with Gasteiger partial charge < -0.3 is 9.80 Å². The molecule has 0 aliphatic heterocycles.